The van der Waals surface area contributed by atoms with Crippen LogP contribution in [0.5, 0.6) is 0 Å². The van der Waals surface area contributed by atoms with Gasteiger partial charge in [-0.25, -0.2) is 5.01 Å². The average Bonchev–Trinajstić information content (AvgIpc) is 2.68. The Labute approximate surface area is 175 Å². The molecule has 162 valence electrons. The molecule has 2 aromatic carbocycles. The molecule has 2 aliphatic rings. The van der Waals surface area contributed by atoms with Crippen molar-refractivity contribution < 1.29 is 35.9 Å². The van der Waals surface area contributed by atoms with Gasteiger partial charge in [-0.05, 0) is 42.0 Å². The van der Waals surface area contributed by atoms with Crippen LogP contribution in [-0.2, 0) is 21.9 Å². The van der Waals surface area contributed by atoms with Gasteiger partial charge in [-0.15, -0.1) is 0 Å². The molecule has 1 atom stereocenters. The van der Waals surface area contributed by atoms with E-state index in [2.05, 4.69) is 10.7 Å². The van der Waals surface area contributed by atoms with Gasteiger partial charge in [-0.1, -0.05) is 17.7 Å². The summed E-state index contributed by atoms with van der Waals surface area (Å²) < 4.78 is 78.9. The largest absolute Gasteiger partial charge is 0.416 e. The SMILES string of the molecule is O=C1NN(c2cc(C(F)(F)F)cc(C(F)(F)F)c2)C(=O)C2=Cc3ccc(Cl)cc3NC12. The van der Waals surface area contributed by atoms with Crippen LogP contribution in [-0.4, -0.2) is 17.9 Å². The van der Waals surface area contributed by atoms with Crippen LogP contribution in [0.3, 0.4) is 0 Å². The Hall–Kier alpha value is -3.21. The maximum Gasteiger partial charge on any atom is 0.416 e. The summed E-state index contributed by atoms with van der Waals surface area (Å²) in [6, 6.07) is 4.04. The van der Waals surface area contributed by atoms with E-state index in [9.17, 15) is 35.9 Å². The van der Waals surface area contributed by atoms with Gasteiger partial charge in [-0.3, -0.25) is 15.0 Å². The van der Waals surface area contributed by atoms with E-state index in [-0.39, 0.29) is 11.6 Å². The highest BCUT2D eigenvalue weighted by atomic mass is 35.5. The molecule has 12 heteroatoms. The monoisotopic (exact) mass is 461 g/mol. The Kier molecular flexibility index (Phi) is 4.69. The first-order chi connectivity index (χ1) is 14.3. The van der Waals surface area contributed by atoms with Crippen LogP contribution in [0.15, 0.2) is 42.0 Å². The zero-order valence-electron chi connectivity index (χ0n) is 15.0. The predicted octanol–water partition coefficient (Wildman–Crippen LogP) is 4.63. The molecule has 0 aliphatic carbocycles. The van der Waals surface area contributed by atoms with Gasteiger partial charge in [0.15, 0.2) is 0 Å². The fourth-order valence-electron chi connectivity index (χ4n) is 3.26. The minimum absolute atomic E-state index is 0.0655. The number of amides is 2. The van der Waals surface area contributed by atoms with E-state index in [0.717, 1.165) is 0 Å². The van der Waals surface area contributed by atoms with E-state index in [0.29, 0.717) is 33.4 Å². The van der Waals surface area contributed by atoms with Crippen molar-refractivity contribution >= 4 is 40.9 Å². The highest BCUT2D eigenvalue weighted by Crippen LogP contribution is 2.39. The van der Waals surface area contributed by atoms with E-state index < -0.39 is 47.0 Å². The molecule has 2 N–H and O–H groups in total. The molecule has 0 aromatic heterocycles. The molecular weight excluding hydrogens is 452 g/mol. The van der Waals surface area contributed by atoms with E-state index in [1.54, 1.807) is 6.07 Å². The summed E-state index contributed by atoms with van der Waals surface area (Å²) >= 11 is 5.90. The lowest BCUT2D eigenvalue weighted by Crippen LogP contribution is -2.60. The zero-order valence-corrected chi connectivity index (χ0v) is 15.8. The van der Waals surface area contributed by atoms with Crippen LogP contribution >= 0.6 is 11.6 Å². The standard InChI is InChI=1S/C19H10ClF6N3O2/c20-11-2-1-8-3-13-15(27-14(8)7-11)16(30)28-29(17(13)31)12-5-9(18(21,22)23)4-10(6-12)19(24,25)26/h1-7,15,27H,(H,28,30). The number of rotatable bonds is 1. The van der Waals surface area contributed by atoms with Crippen molar-refractivity contribution in [3.63, 3.8) is 0 Å². The smallest absolute Gasteiger partial charge is 0.369 e. The normalized spacial score (nSPS) is 18.6. The van der Waals surface area contributed by atoms with Crippen molar-refractivity contribution in [1.82, 2.24) is 5.43 Å². The third kappa shape index (κ3) is 3.80. The number of hydrogen-bond donors (Lipinski definition) is 2. The van der Waals surface area contributed by atoms with Gasteiger partial charge >= 0.3 is 12.4 Å². The number of benzene rings is 2. The van der Waals surface area contributed by atoms with E-state index in [1.807, 2.05) is 0 Å². The Balaban J connectivity index is 1.81. The molecule has 1 fully saturated rings. The van der Waals surface area contributed by atoms with Gasteiger partial charge in [0.2, 0.25) is 0 Å². The van der Waals surface area contributed by atoms with Crippen LogP contribution in [0.4, 0.5) is 37.7 Å². The van der Waals surface area contributed by atoms with Gasteiger partial charge in [0, 0.05) is 10.7 Å². The first kappa shape index (κ1) is 21.0. The molecule has 2 amide bonds. The Bertz CT molecular complexity index is 1110. The van der Waals surface area contributed by atoms with Crippen molar-refractivity contribution in [3.8, 4) is 0 Å². The number of nitrogens with zero attached hydrogens (tertiary/aromatic N) is 1. The average molecular weight is 462 g/mol. The van der Waals surface area contributed by atoms with Gasteiger partial charge in [0.05, 0.1) is 22.4 Å². The van der Waals surface area contributed by atoms with Gasteiger partial charge in [0.25, 0.3) is 11.8 Å². The van der Waals surface area contributed by atoms with Crippen molar-refractivity contribution in [2.24, 2.45) is 0 Å². The first-order valence-electron chi connectivity index (χ1n) is 8.57. The molecule has 5 nitrogen and oxygen atoms in total. The molecule has 1 saturated heterocycles. The van der Waals surface area contributed by atoms with Crippen LogP contribution < -0.4 is 15.8 Å². The van der Waals surface area contributed by atoms with Gasteiger partial charge in [-0.2, -0.15) is 26.3 Å². The number of hydrazine groups is 1. The minimum Gasteiger partial charge on any atom is -0.369 e. The summed E-state index contributed by atoms with van der Waals surface area (Å²) in [4.78, 5) is 25.4. The van der Waals surface area contributed by atoms with Gasteiger partial charge < -0.3 is 5.32 Å². The molecule has 0 saturated carbocycles. The molecule has 31 heavy (non-hydrogen) atoms. The molecule has 4 rings (SSSR count). The molecular formula is C19H10ClF6N3O2. The second-order valence-corrected chi connectivity index (χ2v) is 7.23. The second-order valence-electron chi connectivity index (χ2n) is 6.79. The fraction of sp³-hybridized carbons (Fsp3) is 0.158. The molecule has 1 unspecified atom stereocenters. The topological polar surface area (TPSA) is 61.4 Å². The number of fused-ring (bicyclic) bond motifs is 2. The van der Waals surface area contributed by atoms with Crippen LogP contribution in [0.25, 0.3) is 6.08 Å². The lowest BCUT2D eigenvalue weighted by atomic mass is 9.94. The minimum atomic E-state index is -5.11. The van der Waals surface area contributed by atoms with Crippen LogP contribution in [0, 0.1) is 0 Å². The number of anilines is 2. The molecule has 0 radical (unpaired) electrons. The van der Waals surface area contributed by atoms with Crippen molar-refractivity contribution in [1.29, 1.82) is 0 Å². The summed E-state index contributed by atoms with van der Waals surface area (Å²) in [5.41, 5.74) is -1.18. The third-order valence-corrected chi connectivity index (χ3v) is 4.94. The number of halogens is 7. The lowest BCUT2D eigenvalue weighted by molar-refractivity contribution is -0.143. The Morgan fingerprint density at radius 2 is 1.52 bits per heavy atom. The quantitative estimate of drug-likeness (QED) is 0.609. The second kappa shape index (κ2) is 6.91. The maximum atomic E-state index is 13.2. The summed E-state index contributed by atoms with van der Waals surface area (Å²) in [5, 5.41) is 3.52. The maximum absolute atomic E-state index is 13.2. The molecule has 2 heterocycles. The zero-order chi connectivity index (χ0) is 22.7. The number of carbonyl (C=O) groups excluding carboxylic acids is 2. The highest BCUT2D eigenvalue weighted by molar-refractivity contribution is 6.31. The number of carbonyl (C=O) groups is 2. The summed E-state index contributed by atoms with van der Waals surface area (Å²) in [6.07, 6.45) is -8.88. The van der Waals surface area contributed by atoms with Gasteiger partial charge in [0.1, 0.15) is 6.04 Å². The van der Waals surface area contributed by atoms with Crippen LogP contribution in [0.2, 0.25) is 5.02 Å². The summed E-state index contributed by atoms with van der Waals surface area (Å²) in [6.45, 7) is 0. The Morgan fingerprint density at radius 1 is 0.903 bits per heavy atom. The first-order valence-corrected chi connectivity index (χ1v) is 8.94. The van der Waals surface area contributed by atoms with Crippen molar-refractivity contribution in [2.75, 3.05) is 10.3 Å². The molecule has 2 aromatic rings. The number of hydrogen-bond acceptors (Lipinski definition) is 3. The molecule has 0 spiro atoms. The van der Waals surface area contributed by atoms with E-state index >= 15 is 0 Å². The Morgan fingerprint density at radius 3 is 2.10 bits per heavy atom. The summed E-state index contributed by atoms with van der Waals surface area (Å²) in [5.74, 6) is -1.83. The molecule has 0 bridgehead atoms. The predicted molar refractivity (Wildman–Crippen MR) is 98.9 cm³/mol. The molecule has 2 aliphatic heterocycles. The van der Waals surface area contributed by atoms with Crippen LogP contribution in [0.1, 0.15) is 16.7 Å². The van der Waals surface area contributed by atoms with E-state index in [1.165, 1.54) is 18.2 Å². The highest BCUT2D eigenvalue weighted by Gasteiger charge is 2.42. The fourth-order valence-corrected chi connectivity index (χ4v) is 3.43. The lowest BCUT2D eigenvalue weighted by Gasteiger charge is -2.36. The number of nitrogens with one attached hydrogen (secondary N) is 2. The van der Waals surface area contributed by atoms with Crippen molar-refractivity contribution in [2.45, 2.75) is 18.4 Å². The van der Waals surface area contributed by atoms with E-state index in [4.69, 9.17) is 11.6 Å². The third-order valence-electron chi connectivity index (χ3n) is 4.70. The van der Waals surface area contributed by atoms with Crippen molar-refractivity contribution in [3.05, 3.63) is 63.7 Å². The summed E-state index contributed by atoms with van der Waals surface area (Å²) in [7, 11) is 0. The number of alkyl halides is 6.